The maximum Gasteiger partial charge on any atom is 0.252 e. The van der Waals surface area contributed by atoms with E-state index in [0.29, 0.717) is 17.7 Å². The van der Waals surface area contributed by atoms with E-state index in [1.54, 1.807) is 24.7 Å². The van der Waals surface area contributed by atoms with E-state index in [0.717, 1.165) is 39.9 Å². The van der Waals surface area contributed by atoms with E-state index in [2.05, 4.69) is 10.6 Å². The molecule has 3 heterocycles. The first kappa shape index (κ1) is 19.8. The van der Waals surface area contributed by atoms with Gasteiger partial charge in [-0.3, -0.25) is 9.59 Å². The van der Waals surface area contributed by atoms with Gasteiger partial charge >= 0.3 is 0 Å². The lowest BCUT2D eigenvalue weighted by molar-refractivity contribution is -0.120. The summed E-state index contributed by atoms with van der Waals surface area (Å²) in [5.74, 6) is 0.830. The molecule has 1 aromatic carbocycles. The summed E-state index contributed by atoms with van der Waals surface area (Å²) in [6, 6.07) is 14.8. The van der Waals surface area contributed by atoms with Gasteiger partial charge in [-0.15, -0.1) is 0 Å². The first-order chi connectivity index (χ1) is 15.7. The van der Waals surface area contributed by atoms with E-state index in [1.165, 1.54) is 0 Å². The van der Waals surface area contributed by atoms with Gasteiger partial charge < -0.3 is 19.5 Å². The number of nitrogens with zero attached hydrogens (tertiary/aromatic N) is 1. The molecule has 4 aromatic rings. The molecular formula is C25H21N3O4. The largest absolute Gasteiger partial charge is 0.467 e. The second-order valence-corrected chi connectivity index (χ2v) is 7.55. The number of fused-ring (bicyclic) bond motifs is 2. The standard InChI is InChI=1S/C25H21N3O4/c29-22(26-14-18-6-4-12-32-18)15-27-25(30)23-19-7-1-2-8-21(19)28-24-16(9-10-20(23)24)13-17-5-3-11-31-17/h1-8,11-13H,9-10,14-15H2,(H,26,29)(H,27,30)/b16-13-. The van der Waals surface area contributed by atoms with Crippen LogP contribution in [0.3, 0.4) is 0 Å². The molecular weight excluding hydrogens is 406 g/mol. The highest BCUT2D eigenvalue weighted by Gasteiger charge is 2.27. The second-order valence-electron chi connectivity index (χ2n) is 7.55. The molecule has 7 nitrogen and oxygen atoms in total. The fourth-order valence-corrected chi connectivity index (χ4v) is 3.99. The third-order valence-corrected chi connectivity index (χ3v) is 5.48. The van der Waals surface area contributed by atoms with Crippen LogP contribution in [-0.4, -0.2) is 23.3 Å². The van der Waals surface area contributed by atoms with Crippen molar-refractivity contribution in [2.24, 2.45) is 0 Å². The first-order valence-electron chi connectivity index (χ1n) is 10.4. The van der Waals surface area contributed by atoms with E-state index in [-0.39, 0.29) is 24.9 Å². The molecule has 0 saturated heterocycles. The first-order valence-corrected chi connectivity index (χ1v) is 10.4. The minimum absolute atomic E-state index is 0.125. The van der Waals surface area contributed by atoms with Gasteiger partial charge in [-0.05, 0) is 60.4 Å². The van der Waals surface area contributed by atoms with Gasteiger partial charge in [0.05, 0.1) is 42.4 Å². The number of hydrogen-bond acceptors (Lipinski definition) is 5. The van der Waals surface area contributed by atoms with Crippen LogP contribution in [0.5, 0.6) is 0 Å². The number of nitrogens with one attached hydrogen (secondary N) is 2. The van der Waals surface area contributed by atoms with Crippen LogP contribution in [0.25, 0.3) is 22.6 Å². The lowest BCUT2D eigenvalue weighted by atomic mass is 10.00. The fourth-order valence-electron chi connectivity index (χ4n) is 3.99. The highest BCUT2D eigenvalue weighted by atomic mass is 16.3. The highest BCUT2D eigenvalue weighted by molar-refractivity contribution is 6.10. The third-order valence-electron chi connectivity index (χ3n) is 5.48. The number of rotatable bonds is 6. The number of hydrogen-bond donors (Lipinski definition) is 2. The molecule has 5 rings (SSSR count). The molecule has 2 N–H and O–H groups in total. The summed E-state index contributed by atoms with van der Waals surface area (Å²) in [6.45, 7) is 0.149. The third kappa shape index (κ3) is 3.92. The minimum Gasteiger partial charge on any atom is -0.467 e. The Labute approximate surface area is 184 Å². The zero-order valence-electron chi connectivity index (χ0n) is 17.3. The minimum atomic E-state index is -0.289. The van der Waals surface area contributed by atoms with Crippen molar-refractivity contribution in [3.63, 3.8) is 0 Å². The Morgan fingerprint density at radius 1 is 0.969 bits per heavy atom. The lowest BCUT2D eigenvalue weighted by Crippen LogP contribution is -2.37. The maximum atomic E-state index is 13.2. The fraction of sp³-hybridized carbons (Fsp3) is 0.160. The molecule has 3 aromatic heterocycles. The Balaban J connectivity index is 1.40. The molecule has 32 heavy (non-hydrogen) atoms. The quantitative estimate of drug-likeness (QED) is 0.486. The maximum absolute atomic E-state index is 13.2. The van der Waals surface area contributed by atoms with E-state index >= 15 is 0 Å². The molecule has 1 aliphatic carbocycles. The summed E-state index contributed by atoms with van der Waals surface area (Å²) in [5.41, 5.74) is 4.06. The van der Waals surface area contributed by atoms with Crippen molar-refractivity contribution in [1.82, 2.24) is 15.6 Å². The molecule has 160 valence electrons. The van der Waals surface area contributed by atoms with Crippen molar-refractivity contribution in [2.75, 3.05) is 6.54 Å². The molecule has 0 fully saturated rings. The number of allylic oxidation sites excluding steroid dienone is 1. The van der Waals surface area contributed by atoms with Crippen LogP contribution >= 0.6 is 0 Å². The van der Waals surface area contributed by atoms with E-state index in [4.69, 9.17) is 13.8 Å². The van der Waals surface area contributed by atoms with Crippen molar-refractivity contribution in [1.29, 1.82) is 0 Å². The molecule has 2 amide bonds. The molecule has 0 aliphatic heterocycles. The van der Waals surface area contributed by atoms with E-state index < -0.39 is 0 Å². The highest BCUT2D eigenvalue weighted by Crippen LogP contribution is 2.37. The molecule has 1 aliphatic rings. The van der Waals surface area contributed by atoms with Crippen molar-refractivity contribution < 1.29 is 18.4 Å². The monoisotopic (exact) mass is 427 g/mol. The number of carbonyl (C=O) groups excluding carboxylic acids is 2. The van der Waals surface area contributed by atoms with Gasteiger partial charge in [0.1, 0.15) is 11.5 Å². The van der Waals surface area contributed by atoms with Gasteiger partial charge in [-0.25, -0.2) is 4.98 Å². The average molecular weight is 427 g/mol. The Hall–Kier alpha value is -4.13. The topological polar surface area (TPSA) is 97.4 Å². The molecule has 7 heteroatoms. The van der Waals surface area contributed by atoms with Crippen LogP contribution in [0.15, 0.2) is 69.9 Å². The number of pyridine rings is 1. The van der Waals surface area contributed by atoms with E-state index in [9.17, 15) is 9.59 Å². The Bertz CT molecular complexity index is 1300. The van der Waals surface area contributed by atoms with Gasteiger partial charge in [0.2, 0.25) is 5.91 Å². The van der Waals surface area contributed by atoms with Crippen molar-refractivity contribution >= 4 is 34.4 Å². The number of benzene rings is 1. The van der Waals surface area contributed by atoms with Gasteiger partial charge in [0.15, 0.2) is 0 Å². The Kier molecular flexibility index (Phi) is 5.29. The normalized spacial score (nSPS) is 13.9. The molecule has 0 bridgehead atoms. The van der Waals surface area contributed by atoms with Crippen molar-refractivity contribution in [2.45, 2.75) is 19.4 Å². The molecule has 0 spiro atoms. The Morgan fingerprint density at radius 2 is 1.81 bits per heavy atom. The molecule has 0 atom stereocenters. The second kappa shape index (κ2) is 8.55. The van der Waals surface area contributed by atoms with Crippen LogP contribution in [0, 0.1) is 0 Å². The summed E-state index contributed by atoms with van der Waals surface area (Å²) >= 11 is 0. The lowest BCUT2D eigenvalue weighted by Gasteiger charge is -2.13. The van der Waals surface area contributed by atoms with Crippen LogP contribution in [0.4, 0.5) is 0 Å². The van der Waals surface area contributed by atoms with Gasteiger partial charge in [0, 0.05) is 5.39 Å². The van der Waals surface area contributed by atoms with Crippen LogP contribution in [0.1, 0.15) is 39.6 Å². The van der Waals surface area contributed by atoms with Crippen LogP contribution < -0.4 is 10.6 Å². The van der Waals surface area contributed by atoms with Crippen molar-refractivity contribution in [3.05, 3.63) is 89.4 Å². The predicted molar refractivity (Wildman–Crippen MR) is 120 cm³/mol. The summed E-state index contributed by atoms with van der Waals surface area (Å²) < 4.78 is 10.7. The van der Waals surface area contributed by atoms with Gasteiger partial charge in [-0.2, -0.15) is 0 Å². The predicted octanol–water partition coefficient (Wildman–Crippen LogP) is 3.95. The van der Waals surface area contributed by atoms with Crippen molar-refractivity contribution in [3.8, 4) is 0 Å². The van der Waals surface area contributed by atoms with E-state index in [1.807, 2.05) is 42.5 Å². The summed E-state index contributed by atoms with van der Waals surface area (Å²) in [6.07, 6.45) is 6.62. The van der Waals surface area contributed by atoms with Gasteiger partial charge in [0.25, 0.3) is 5.91 Å². The number of furan rings is 2. The summed E-state index contributed by atoms with van der Waals surface area (Å²) in [5, 5.41) is 6.27. The molecule has 0 unspecified atom stereocenters. The van der Waals surface area contributed by atoms with Crippen LogP contribution in [0.2, 0.25) is 0 Å². The number of aromatic nitrogens is 1. The number of para-hydroxylation sites is 1. The zero-order chi connectivity index (χ0) is 21.9. The Morgan fingerprint density at radius 3 is 2.62 bits per heavy atom. The molecule has 0 radical (unpaired) electrons. The van der Waals surface area contributed by atoms with Gasteiger partial charge in [-0.1, -0.05) is 18.2 Å². The van der Waals surface area contributed by atoms with Crippen LogP contribution in [-0.2, 0) is 17.8 Å². The number of carbonyl (C=O) groups is 2. The zero-order valence-corrected chi connectivity index (χ0v) is 17.3. The SMILES string of the molecule is O=C(CNC(=O)c1c2c(nc3ccccc13)/C(=C\c1ccco1)CC2)NCc1ccco1. The average Bonchev–Trinajstić information content (AvgIpc) is 3.58. The number of amides is 2. The molecule has 0 saturated carbocycles. The smallest absolute Gasteiger partial charge is 0.252 e. The summed E-state index contributed by atoms with van der Waals surface area (Å²) in [7, 11) is 0. The summed E-state index contributed by atoms with van der Waals surface area (Å²) in [4.78, 5) is 30.2.